The van der Waals surface area contributed by atoms with Crippen molar-refractivity contribution in [3.05, 3.63) is 12.2 Å². The predicted molar refractivity (Wildman–Crippen MR) is 50.7 cm³/mol. The van der Waals surface area contributed by atoms with Gasteiger partial charge in [-0.2, -0.15) is 0 Å². The Hall–Kier alpha value is -0.260. The topological polar surface area (TPSA) is 0 Å². The highest BCUT2D eigenvalue weighted by Crippen LogP contribution is 2.61. The lowest BCUT2D eigenvalue weighted by Crippen LogP contribution is -2.29. The maximum atomic E-state index is 2.51. The zero-order chi connectivity index (χ0) is 8.29. The van der Waals surface area contributed by atoms with Crippen molar-refractivity contribution in [2.75, 3.05) is 0 Å². The molecule has 0 aromatic carbocycles. The Morgan fingerprint density at radius 3 is 2.58 bits per heavy atom. The Balaban J connectivity index is 1.95. The van der Waals surface area contributed by atoms with Crippen LogP contribution in [0.4, 0.5) is 0 Å². The molecule has 0 aromatic heterocycles. The maximum absolute atomic E-state index is 2.51. The molecule has 0 saturated heterocycles. The molecule has 3 rings (SSSR count). The molecule has 0 spiro atoms. The number of hydrogen-bond donors (Lipinski definition) is 0. The van der Waals surface area contributed by atoms with E-state index in [1.807, 2.05) is 0 Å². The van der Waals surface area contributed by atoms with Gasteiger partial charge >= 0.3 is 0 Å². The third-order valence-corrected chi connectivity index (χ3v) is 5.03. The summed E-state index contributed by atoms with van der Waals surface area (Å²) in [6.45, 7) is 4.95. The fraction of sp³-hybridized carbons (Fsp3) is 0.833. The molecule has 0 nitrogen and oxygen atoms in total. The second-order valence-electron chi connectivity index (χ2n) is 5.19. The van der Waals surface area contributed by atoms with E-state index >= 15 is 0 Å². The first kappa shape index (κ1) is 7.17. The Kier molecular flexibility index (Phi) is 1.29. The minimum Gasteiger partial charge on any atom is -0.0879 e. The van der Waals surface area contributed by atoms with Crippen LogP contribution in [0.1, 0.15) is 26.7 Å². The van der Waals surface area contributed by atoms with Crippen LogP contribution in [0, 0.1) is 35.5 Å². The lowest BCUT2D eigenvalue weighted by Gasteiger charge is -2.34. The molecule has 0 heterocycles. The summed E-state index contributed by atoms with van der Waals surface area (Å²) in [5, 5.41) is 0. The van der Waals surface area contributed by atoms with Crippen LogP contribution in [0.3, 0.4) is 0 Å². The lowest BCUT2D eigenvalue weighted by atomic mass is 9.71. The molecule has 2 bridgehead atoms. The largest absolute Gasteiger partial charge is 0.0879 e. The molecule has 2 fully saturated rings. The van der Waals surface area contributed by atoms with Crippen molar-refractivity contribution in [1.82, 2.24) is 0 Å². The average molecular weight is 162 g/mol. The molecular weight excluding hydrogens is 144 g/mol. The van der Waals surface area contributed by atoms with E-state index in [2.05, 4.69) is 26.0 Å². The molecule has 6 atom stereocenters. The van der Waals surface area contributed by atoms with Crippen molar-refractivity contribution in [1.29, 1.82) is 0 Å². The Morgan fingerprint density at radius 2 is 1.75 bits per heavy atom. The Labute approximate surface area is 75.0 Å². The summed E-state index contributed by atoms with van der Waals surface area (Å²) in [4.78, 5) is 0. The fourth-order valence-corrected chi connectivity index (χ4v) is 4.21. The van der Waals surface area contributed by atoms with Crippen molar-refractivity contribution in [3.63, 3.8) is 0 Å². The van der Waals surface area contributed by atoms with Crippen molar-refractivity contribution in [2.24, 2.45) is 35.5 Å². The minimum absolute atomic E-state index is 0.987. The van der Waals surface area contributed by atoms with Gasteiger partial charge in [-0.25, -0.2) is 0 Å². The zero-order valence-electron chi connectivity index (χ0n) is 8.03. The standard InChI is InChI=1S/C12H18/c1-7-8(2)12-6-11(7)9-4-3-5-10(9)12/h3-4,7-12H,5-6H2,1-2H3. The van der Waals surface area contributed by atoms with Gasteiger partial charge in [0.1, 0.15) is 0 Å². The molecule has 66 valence electrons. The molecule has 0 aliphatic heterocycles. The highest BCUT2D eigenvalue weighted by molar-refractivity contribution is 5.14. The Bertz CT molecular complexity index is 228. The first-order valence-electron chi connectivity index (χ1n) is 5.45. The quantitative estimate of drug-likeness (QED) is 0.480. The minimum atomic E-state index is 0.987. The Morgan fingerprint density at radius 1 is 1.00 bits per heavy atom. The second-order valence-corrected chi connectivity index (χ2v) is 5.19. The number of fused-ring (bicyclic) bond motifs is 5. The monoisotopic (exact) mass is 162 g/mol. The van der Waals surface area contributed by atoms with Crippen molar-refractivity contribution >= 4 is 0 Å². The molecule has 0 amide bonds. The molecule has 0 radical (unpaired) electrons. The first-order chi connectivity index (χ1) is 5.79. The van der Waals surface area contributed by atoms with Gasteiger partial charge in [0.05, 0.1) is 0 Å². The normalized spacial score (nSPS) is 61.2. The van der Waals surface area contributed by atoms with Gasteiger partial charge in [-0.3, -0.25) is 0 Å². The van der Waals surface area contributed by atoms with E-state index in [-0.39, 0.29) is 0 Å². The lowest BCUT2D eigenvalue weighted by molar-refractivity contribution is 0.156. The summed E-state index contributed by atoms with van der Waals surface area (Å²) in [6.07, 6.45) is 7.88. The van der Waals surface area contributed by atoms with Gasteiger partial charge in [-0.05, 0) is 48.3 Å². The van der Waals surface area contributed by atoms with Crippen LogP contribution in [-0.2, 0) is 0 Å². The summed E-state index contributed by atoms with van der Waals surface area (Å²) in [7, 11) is 0. The van der Waals surface area contributed by atoms with Gasteiger partial charge < -0.3 is 0 Å². The third kappa shape index (κ3) is 0.654. The zero-order valence-corrected chi connectivity index (χ0v) is 8.03. The van der Waals surface area contributed by atoms with E-state index in [1.54, 1.807) is 6.42 Å². The van der Waals surface area contributed by atoms with Crippen LogP contribution < -0.4 is 0 Å². The molecular formula is C12H18. The van der Waals surface area contributed by atoms with Gasteiger partial charge in [-0.1, -0.05) is 26.0 Å². The second kappa shape index (κ2) is 2.16. The summed E-state index contributed by atoms with van der Waals surface area (Å²) in [5.74, 6) is 6.18. The SMILES string of the molecule is CC1C(C)C2CC1C1C=CCC12. The summed E-state index contributed by atoms with van der Waals surface area (Å²) in [5.41, 5.74) is 0. The van der Waals surface area contributed by atoms with Gasteiger partial charge in [0, 0.05) is 0 Å². The molecule has 0 heteroatoms. The summed E-state index contributed by atoms with van der Waals surface area (Å²) >= 11 is 0. The van der Waals surface area contributed by atoms with Crippen LogP contribution in [0.5, 0.6) is 0 Å². The molecule has 3 aliphatic rings. The highest BCUT2D eigenvalue weighted by Gasteiger charge is 2.54. The third-order valence-electron chi connectivity index (χ3n) is 5.03. The molecule has 3 aliphatic carbocycles. The summed E-state index contributed by atoms with van der Waals surface area (Å²) < 4.78 is 0. The van der Waals surface area contributed by atoms with Crippen molar-refractivity contribution < 1.29 is 0 Å². The number of allylic oxidation sites excluding steroid dienone is 2. The van der Waals surface area contributed by atoms with Crippen LogP contribution in [0.2, 0.25) is 0 Å². The smallest absolute Gasteiger partial charge is 0.0168 e. The summed E-state index contributed by atoms with van der Waals surface area (Å²) in [6, 6.07) is 0. The van der Waals surface area contributed by atoms with Crippen molar-refractivity contribution in [3.8, 4) is 0 Å². The number of rotatable bonds is 0. The van der Waals surface area contributed by atoms with E-state index in [1.165, 1.54) is 6.42 Å². The van der Waals surface area contributed by atoms with Gasteiger partial charge in [0.15, 0.2) is 0 Å². The number of hydrogen-bond acceptors (Lipinski definition) is 0. The van der Waals surface area contributed by atoms with Crippen LogP contribution in [0.25, 0.3) is 0 Å². The predicted octanol–water partition coefficient (Wildman–Crippen LogP) is 3.10. The van der Waals surface area contributed by atoms with Gasteiger partial charge in [0.25, 0.3) is 0 Å². The fourth-order valence-electron chi connectivity index (χ4n) is 4.21. The van der Waals surface area contributed by atoms with Crippen LogP contribution in [0.15, 0.2) is 12.2 Å². The van der Waals surface area contributed by atoms with Crippen molar-refractivity contribution in [2.45, 2.75) is 26.7 Å². The van der Waals surface area contributed by atoms with E-state index < -0.39 is 0 Å². The van der Waals surface area contributed by atoms with Gasteiger partial charge in [0.2, 0.25) is 0 Å². The van der Waals surface area contributed by atoms with Crippen LogP contribution >= 0.6 is 0 Å². The first-order valence-corrected chi connectivity index (χ1v) is 5.45. The van der Waals surface area contributed by atoms with Gasteiger partial charge in [-0.15, -0.1) is 0 Å². The van der Waals surface area contributed by atoms with Crippen LogP contribution in [-0.4, -0.2) is 0 Å². The van der Waals surface area contributed by atoms with E-state index in [4.69, 9.17) is 0 Å². The molecule has 6 unspecified atom stereocenters. The van der Waals surface area contributed by atoms with E-state index in [0.717, 1.165) is 35.5 Å². The van der Waals surface area contributed by atoms with E-state index in [0.29, 0.717) is 0 Å². The van der Waals surface area contributed by atoms with E-state index in [9.17, 15) is 0 Å². The average Bonchev–Trinajstić information content (AvgIpc) is 2.63. The highest BCUT2D eigenvalue weighted by atomic mass is 14.6. The molecule has 2 saturated carbocycles. The molecule has 12 heavy (non-hydrogen) atoms. The maximum Gasteiger partial charge on any atom is -0.0168 e. The molecule has 0 N–H and O–H groups in total. The molecule has 0 aromatic rings.